The van der Waals surface area contributed by atoms with Crippen LogP contribution in [0.25, 0.3) is 0 Å². The molecule has 1 saturated heterocycles. The third-order valence-corrected chi connectivity index (χ3v) is 4.74. The van der Waals surface area contributed by atoms with Gasteiger partial charge in [-0.2, -0.15) is 0 Å². The highest BCUT2D eigenvalue weighted by atomic mass is 79.9. The molecule has 1 atom stereocenters. The van der Waals surface area contributed by atoms with Gasteiger partial charge in [-0.15, -0.1) is 11.3 Å². The fraction of sp³-hybridized carbons (Fsp3) is 0.667. The molecule has 1 amide bonds. The largest absolute Gasteiger partial charge is 0.444 e. The van der Waals surface area contributed by atoms with Gasteiger partial charge in [0.25, 0.3) is 0 Å². The highest BCUT2D eigenvalue weighted by Crippen LogP contribution is 2.20. The maximum Gasteiger partial charge on any atom is 0.410 e. The van der Waals surface area contributed by atoms with Crippen LogP contribution in [-0.4, -0.2) is 48.9 Å². The van der Waals surface area contributed by atoms with E-state index in [2.05, 4.69) is 32.7 Å². The van der Waals surface area contributed by atoms with E-state index in [1.807, 2.05) is 20.8 Å². The van der Waals surface area contributed by atoms with E-state index in [-0.39, 0.29) is 12.1 Å². The summed E-state index contributed by atoms with van der Waals surface area (Å²) in [5.41, 5.74) is 0.758. The van der Waals surface area contributed by atoms with Crippen molar-refractivity contribution in [2.75, 3.05) is 26.3 Å². The van der Waals surface area contributed by atoms with Gasteiger partial charge >= 0.3 is 6.09 Å². The number of carbonyl (C=O) groups is 1. The summed E-state index contributed by atoms with van der Waals surface area (Å²) >= 11 is 5.13. The molecule has 0 aromatic carbocycles. The van der Waals surface area contributed by atoms with Crippen LogP contribution < -0.4 is 5.32 Å². The molecule has 1 aliphatic heterocycles. The molecule has 5 nitrogen and oxygen atoms in total. The predicted octanol–water partition coefficient (Wildman–Crippen LogP) is 3.24. The van der Waals surface area contributed by atoms with E-state index in [0.29, 0.717) is 26.3 Å². The van der Waals surface area contributed by atoms with E-state index in [0.717, 1.165) is 10.3 Å². The molecule has 1 unspecified atom stereocenters. The summed E-state index contributed by atoms with van der Waals surface area (Å²) in [6.07, 6.45) is -0.263. The highest BCUT2D eigenvalue weighted by molar-refractivity contribution is 9.11. The van der Waals surface area contributed by atoms with Crippen LogP contribution in [0.2, 0.25) is 0 Å². The van der Waals surface area contributed by atoms with E-state index in [1.165, 1.54) is 5.56 Å². The van der Waals surface area contributed by atoms with Crippen molar-refractivity contribution < 1.29 is 14.3 Å². The van der Waals surface area contributed by atoms with Crippen LogP contribution in [0, 0.1) is 0 Å². The van der Waals surface area contributed by atoms with Crippen molar-refractivity contribution in [2.45, 2.75) is 39.0 Å². The SMILES string of the molecule is CC(C)(C)OC(=O)N1CCOCC1CNCc1csc(Br)c1. The first-order valence-corrected chi connectivity index (χ1v) is 9.03. The Hall–Kier alpha value is -0.630. The Balaban J connectivity index is 1.85. The molecule has 2 heterocycles. The van der Waals surface area contributed by atoms with E-state index < -0.39 is 5.60 Å². The van der Waals surface area contributed by atoms with Crippen LogP contribution in [0.4, 0.5) is 4.79 Å². The predicted molar refractivity (Wildman–Crippen MR) is 91.3 cm³/mol. The van der Waals surface area contributed by atoms with Gasteiger partial charge in [0.15, 0.2) is 0 Å². The van der Waals surface area contributed by atoms with E-state index in [1.54, 1.807) is 16.2 Å². The van der Waals surface area contributed by atoms with Crippen LogP contribution in [0.3, 0.4) is 0 Å². The van der Waals surface area contributed by atoms with Gasteiger partial charge in [0.05, 0.1) is 23.0 Å². The van der Waals surface area contributed by atoms with Crippen LogP contribution in [0.1, 0.15) is 26.3 Å². The van der Waals surface area contributed by atoms with Crippen molar-refractivity contribution in [1.29, 1.82) is 0 Å². The lowest BCUT2D eigenvalue weighted by Gasteiger charge is -2.36. The minimum Gasteiger partial charge on any atom is -0.444 e. The fourth-order valence-corrected chi connectivity index (χ4v) is 3.42. The first-order valence-electron chi connectivity index (χ1n) is 7.36. The maximum atomic E-state index is 12.3. The second-order valence-electron chi connectivity index (χ2n) is 6.29. The molecule has 1 fully saturated rings. The summed E-state index contributed by atoms with van der Waals surface area (Å²) in [6.45, 7) is 8.79. The number of hydrogen-bond acceptors (Lipinski definition) is 5. The molecule has 0 aliphatic carbocycles. The molecule has 7 heteroatoms. The number of hydrogen-bond donors (Lipinski definition) is 1. The molecular formula is C15H23BrN2O3S. The second kappa shape index (κ2) is 7.77. The summed E-state index contributed by atoms with van der Waals surface area (Å²) in [6, 6.07) is 2.10. The third kappa shape index (κ3) is 5.53. The monoisotopic (exact) mass is 390 g/mol. The molecule has 0 saturated carbocycles. The molecule has 0 spiro atoms. The standard InChI is InChI=1S/C15H23BrN2O3S/c1-15(2,3)21-14(19)18-4-5-20-9-12(18)8-17-7-11-6-13(16)22-10-11/h6,10,12,17H,4-5,7-9H2,1-3H3. The Morgan fingerprint density at radius 2 is 2.36 bits per heavy atom. The van der Waals surface area contributed by atoms with Gasteiger partial charge in [-0.3, -0.25) is 4.90 Å². The molecule has 1 aromatic heterocycles. The Bertz CT molecular complexity index is 501. The average molecular weight is 391 g/mol. The lowest BCUT2D eigenvalue weighted by atomic mass is 10.2. The Labute approximate surface area is 144 Å². The van der Waals surface area contributed by atoms with Crippen molar-refractivity contribution in [3.05, 3.63) is 20.8 Å². The Morgan fingerprint density at radius 1 is 1.59 bits per heavy atom. The minimum absolute atomic E-state index is 0.00526. The van der Waals surface area contributed by atoms with Crippen molar-refractivity contribution in [2.24, 2.45) is 0 Å². The molecule has 1 aliphatic rings. The molecule has 124 valence electrons. The number of nitrogens with one attached hydrogen (secondary N) is 1. The number of thiophene rings is 1. The molecule has 1 aromatic rings. The average Bonchev–Trinajstić information content (AvgIpc) is 2.83. The maximum absolute atomic E-state index is 12.3. The zero-order valence-electron chi connectivity index (χ0n) is 13.2. The number of halogens is 1. The Kier molecular flexibility index (Phi) is 6.26. The number of rotatable bonds is 4. The lowest BCUT2D eigenvalue weighted by molar-refractivity contribution is -0.0317. The minimum atomic E-state index is -0.476. The molecule has 22 heavy (non-hydrogen) atoms. The zero-order valence-corrected chi connectivity index (χ0v) is 15.6. The zero-order chi connectivity index (χ0) is 16.2. The Morgan fingerprint density at radius 3 is 3.00 bits per heavy atom. The molecule has 1 N–H and O–H groups in total. The fourth-order valence-electron chi connectivity index (χ4n) is 2.21. The number of carbonyl (C=O) groups excluding carboxylic acids is 1. The highest BCUT2D eigenvalue weighted by Gasteiger charge is 2.30. The van der Waals surface area contributed by atoms with E-state index >= 15 is 0 Å². The molecule has 0 bridgehead atoms. The van der Waals surface area contributed by atoms with Crippen LogP contribution in [0.5, 0.6) is 0 Å². The van der Waals surface area contributed by atoms with Gasteiger partial charge in [-0.1, -0.05) is 0 Å². The number of morpholine rings is 1. The van der Waals surface area contributed by atoms with Crippen molar-refractivity contribution >= 4 is 33.4 Å². The first kappa shape index (κ1) is 17.7. The van der Waals surface area contributed by atoms with Gasteiger partial charge < -0.3 is 14.8 Å². The van der Waals surface area contributed by atoms with Crippen molar-refractivity contribution in [3.8, 4) is 0 Å². The summed E-state index contributed by atoms with van der Waals surface area (Å²) in [4.78, 5) is 14.0. The molecular weight excluding hydrogens is 368 g/mol. The van der Waals surface area contributed by atoms with Crippen molar-refractivity contribution in [1.82, 2.24) is 10.2 Å². The van der Waals surface area contributed by atoms with E-state index in [9.17, 15) is 4.79 Å². The van der Waals surface area contributed by atoms with Gasteiger partial charge in [0.1, 0.15) is 5.60 Å². The summed E-state index contributed by atoms with van der Waals surface area (Å²) in [5, 5.41) is 5.50. The molecule has 2 rings (SSSR count). The van der Waals surface area contributed by atoms with Gasteiger partial charge in [0, 0.05) is 19.6 Å². The third-order valence-electron chi connectivity index (χ3n) is 3.19. The topological polar surface area (TPSA) is 50.8 Å². The normalized spacial score (nSPS) is 19.3. The summed E-state index contributed by atoms with van der Waals surface area (Å²) in [5.74, 6) is 0. The van der Waals surface area contributed by atoms with Crippen LogP contribution in [-0.2, 0) is 16.0 Å². The lowest BCUT2D eigenvalue weighted by Crippen LogP contribution is -2.53. The number of amides is 1. The van der Waals surface area contributed by atoms with Gasteiger partial charge in [0.2, 0.25) is 0 Å². The number of nitrogens with zero attached hydrogens (tertiary/aromatic N) is 1. The van der Waals surface area contributed by atoms with Gasteiger partial charge in [-0.05, 0) is 53.7 Å². The van der Waals surface area contributed by atoms with Gasteiger partial charge in [-0.25, -0.2) is 4.79 Å². The van der Waals surface area contributed by atoms with Crippen LogP contribution >= 0.6 is 27.3 Å². The molecule has 0 radical (unpaired) electrons. The quantitative estimate of drug-likeness (QED) is 0.856. The summed E-state index contributed by atoms with van der Waals surface area (Å²) < 4.78 is 12.1. The second-order valence-corrected chi connectivity index (χ2v) is 8.58. The number of ether oxygens (including phenoxy) is 2. The smallest absolute Gasteiger partial charge is 0.410 e. The van der Waals surface area contributed by atoms with E-state index in [4.69, 9.17) is 9.47 Å². The summed E-state index contributed by atoms with van der Waals surface area (Å²) in [7, 11) is 0. The van der Waals surface area contributed by atoms with Crippen molar-refractivity contribution in [3.63, 3.8) is 0 Å². The first-order chi connectivity index (χ1) is 10.3. The van der Waals surface area contributed by atoms with Crippen LogP contribution in [0.15, 0.2) is 15.2 Å².